The van der Waals surface area contributed by atoms with Crippen LogP contribution in [-0.4, -0.2) is 60.7 Å². The molecular weight excluding hydrogens is 423 g/mol. The summed E-state index contributed by atoms with van der Waals surface area (Å²) in [6.45, 7) is 7.41. The molecule has 1 saturated heterocycles. The molecule has 0 saturated carbocycles. The number of halogens is 1. The normalized spacial score (nSPS) is 15.2. The SMILES string of the molecule is COc1cc(I)ccc1C(=O)N1CCN(C(=O)OC(C)(C)C)CC1. The Morgan fingerprint density at radius 3 is 2.21 bits per heavy atom. The summed E-state index contributed by atoms with van der Waals surface area (Å²) in [6.07, 6.45) is -0.332. The van der Waals surface area contributed by atoms with Crippen molar-refractivity contribution in [3.8, 4) is 5.75 Å². The largest absolute Gasteiger partial charge is 0.496 e. The van der Waals surface area contributed by atoms with Crippen LogP contribution in [0.25, 0.3) is 0 Å². The third-order valence-corrected chi connectivity index (χ3v) is 4.28. The van der Waals surface area contributed by atoms with E-state index >= 15 is 0 Å². The second-order valence-electron chi connectivity index (χ2n) is 6.60. The maximum absolute atomic E-state index is 12.7. The van der Waals surface area contributed by atoms with Gasteiger partial charge in [0.2, 0.25) is 0 Å². The van der Waals surface area contributed by atoms with Crippen molar-refractivity contribution in [2.75, 3.05) is 33.3 Å². The molecule has 1 aromatic carbocycles. The molecule has 0 N–H and O–H groups in total. The van der Waals surface area contributed by atoms with E-state index in [-0.39, 0.29) is 12.0 Å². The zero-order valence-electron chi connectivity index (χ0n) is 14.5. The first-order valence-corrected chi connectivity index (χ1v) is 8.90. The van der Waals surface area contributed by atoms with Crippen molar-refractivity contribution < 1.29 is 19.1 Å². The van der Waals surface area contributed by atoms with Gasteiger partial charge in [-0.05, 0) is 61.6 Å². The topological polar surface area (TPSA) is 59.1 Å². The summed E-state index contributed by atoms with van der Waals surface area (Å²) >= 11 is 2.18. The van der Waals surface area contributed by atoms with Crippen LogP contribution in [0, 0.1) is 3.57 Å². The Balaban J connectivity index is 1.99. The minimum Gasteiger partial charge on any atom is -0.496 e. The standard InChI is InChI=1S/C17H23IN2O4/c1-17(2,3)24-16(22)20-9-7-19(8-10-20)15(21)13-6-5-12(18)11-14(13)23-4/h5-6,11H,7-10H2,1-4H3. The Bertz CT molecular complexity index is 620. The van der Waals surface area contributed by atoms with Crippen molar-refractivity contribution >= 4 is 34.6 Å². The lowest BCUT2D eigenvalue weighted by molar-refractivity contribution is 0.0140. The molecule has 1 aromatic rings. The van der Waals surface area contributed by atoms with Crippen molar-refractivity contribution in [1.82, 2.24) is 9.80 Å². The maximum Gasteiger partial charge on any atom is 0.410 e. The lowest BCUT2D eigenvalue weighted by Gasteiger charge is -2.35. The van der Waals surface area contributed by atoms with Crippen LogP contribution >= 0.6 is 22.6 Å². The third kappa shape index (κ3) is 4.75. The molecule has 1 fully saturated rings. The van der Waals surface area contributed by atoms with Gasteiger partial charge >= 0.3 is 6.09 Å². The van der Waals surface area contributed by atoms with Crippen LogP contribution in [0.4, 0.5) is 4.79 Å². The van der Waals surface area contributed by atoms with Gasteiger partial charge in [0.15, 0.2) is 0 Å². The fourth-order valence-electron chi connectivity index (χ4n) is 2.43. The molecule has 0 bridgehead atoms. The minimum atomic E-state index is -0.515. The predicted molar refractivity (Wildman–Crippen MR) is 99.4 cm³/mol. The van der Waals surface area contributed by atoms with Gasteiger partial charge in [0.25, 0.3) is 5.91 Å². The highest BCUT2D eigenvalue weighted by Crippen LogP contribution is 2.23. The lowest BCUT2D eigenvalue weighted by Crippen LogP contribution is -2.51. The summed E-state index contributed by atoms with van der Waals surface area (Å²) in [4.78, 5) is 28.2. The number of benzene rings is 1. The summed E-state index contributed by atoms with van der Waals surface area (Å²) < 4.78 is 11.7. The van der Waals surface area contributed by atoms with Gasteiger partial charge in [-0.1, -0.05) is 0 Å². The van der Waals surface area contributed by atoms with E-state index < -0.39 is 5.60 Å². The van der Waals surface area contributed by atoms with Gasteiger partial charge in [-0.2, -0.15) is 0 Å². The van der Waals surface area contributed by atoms with Gasteiger partial charge in [-0.3, -0.25) is 4.79 Å². The Hall–Kier alpha value is -1.51. The quantitative estimate of drug-likeness (QED) is 0.656. The summed E-state index contributed by atoms with van der Waals surface area (Å²) in [5.74, 6) is 0.494. The van der Waals surface area contributed by atoms with Gasteiger partial charge in [-0.25, -0.2) is 4.79 Å². The van der Waals surface area contributed by atoms with Crippen molar-refractivity contribution in [3.63, 3.8) is 0 Å². The van der Waals surface area contributed by atoms with Gasteiger partial charge in [0, 0.05) is 29.7 Å². The molecule has 2 rings (SSSR count). The van der Waals surface area contributed by atoms with Crippen molar-refractivity contribution in [1.29, 1.82) is 0 Å². The van der Waals surface area contributed by atoms with Crippen molar-refractivity contribution in [2.24, 2.45) is 0 Å². The zero-order chi connectivity index (χ0) is 17.9. The Labute approximate surface area is 156 Å². The van der Waals surface area contributed by atoms with E-state index in [9.17, 15) is 9.59 Å². The van der Waals surface area contributed by atoms with E-state index in [0.29, 0.717) is 37.5 Å². The third-order valence-electron chi connectivity index (χ3n) is 3.61. The van der Waals surface area contributed by atoms with E-state index in [0.717, 1.165) is 3.57 Å². The molecular formula is C17H23IN2O4. The molecule has 0 aromatic heterocycles. The molecule has 7 heteroatoms. The molecule has 0 atom stereocenters. The fourth-order valence-corrected chi connectivity index (χ4v) is 2.89. The summed E-state index contributed by atoms with van der Waals surface area (Å²) in [5, 5.41) is 0. The number of hydrogen-bond acceptors (Lipinski definition) is 4. The first-order valence-electron chi connectivity index (χ1n) is 7.82. The summed E-state index contributed by atoms with van der Waals surface area (Å²) in [6, 6.07) is 5.50. The highest BCUT2D eigenvalue weighted by molar-refractivity contribution is 14.1. The second kappa shape index (κ2) is 7.58. The summed E-state index contributed by atoms with van der Waals surface area (Å²) in [5.41, 5.74) is 0.0297. The van der Waals surface area contributed by atoms with Crippen LogP contribution in [0.1, 0.15) is 31.1 Å². The number of nitrogens with zero attached hydrogens (tertiary/aromatic N) is 2. The fraction of sp³-hybridized carbons (Fsp3) is 0.529. The van der Waals surface area contributed by atoms with Crippen LogP contribution in [0.15, 0.2) is 18.2 Å². The molecule has 6 nitrogen and oxygen atoms in total. The highest BCUT2D eigenvalue weighted by Gasteiger charge is 2.29. The van der Waals surface area contributed by atoms with E-state index in [1.165, 1.54) is 0 Å². The molecule has 24 heavy (non-hydrogen) atoms. The molecule has 2 amide bonds. The Morgan fingerprint density at radius 1 is 1.08 bits per heavy atom. The summed E-state index contributed by atoms with van der Waals surface area (Å²) in [7, 11) is 1.56. The highest BCUT2D eigenvalue weighted by atomic mass is 127. The monoisotopic (exact) mass is 446 g/mol. The molecule has 0 unspecified atom stereocenters. The van der Waals surface area contributed by atoms with Crippen LogP contribution in [0.5, 0.6) is 5.75 Å². The molecule has 0 spiro atoms. The number of methoxy groups -OCH3 is 1. The molecule has 1 heterocycles. The molecule has 1 aliphatic rings. The zero-order valence-corrected chi connectivity index (χ0v) is 16.6. The first kappa shape index (κ1) is 18.8. The number of ether oxygens (including phenoxy) is 2. The molecule has 0 radical (unpaired) electrons. The van der Waals surface area contributed by atoms with Gasteiger partial charge < -0.3 is 19.3 Å². The average Bonchev–Trinajstić information content (AvgIpc) is 2.52. The number of carbonyl (C=O) groups excluding carboxylic acids is 2. The maximum atomic E-state index is 12.7. The van der Waals surface area contributed by atoms with Gasteiger partial charge in [-0.15, -0.1) is 0 Å². The van der Waals surface area contributed by atoms with E-state index in [1.807, 2.05) is 32.9 Å². The van der Waals surface area contributed by atoms with E-state index in [2.05, 4.69) is 22.6 Å². The van der Waals surface area contributed by atoms with Crippen LogP contribution in [0.2, 0.25) is 0 Å². The second-order valence-corrected chi connectivity index (χ2v) is 7.85. The number of carbonyl (C=O) groups is 2. The van der Waals surface area contributed by atoms with E-state index in [4.69, 9.17) is 9.47 Å². The predicted octanol–water partition coefficient (Wildman–Crippen LogP) is 2.99. The Morgan fingerprint density at radius 2 is 1.67 bits per heavy atom. The van der Waals surface area contributed by atoms with Gasteiger partial charge in [0.05, 0.1) is 12.7 Å². The number of amides is 2. The lowest BCUT2D eigenvalue weighted by atomic mass is 10.1. The smallest absolute Gasteiger partial charge is 0.410 e. The van der Waals surface area contributed by atoms with Crippen molar-refractivity contribution in [3.05, 3.63) is 27.3 Å². The molecule has 0 aliphatic carbocycles. The first-order chi connectivity index (χ1) is 11.2. The number of hydrogen-bond donors (Lipinski definition) is 0. The average molecular weight is 446 g/mol. The van der Waals surface area contributed by atoms with E-state index in [1.54, 1.807) is 23.0 Å². The molecule has 1 aliphatic heterocycles. The van der Waals surface area contributed by atoms with Crippen LogP contribution in [0.3, 0.4) is 0 Å². The van der Waals surface area contributed by atoms with Gasteiger partial charge in [0.1, 0.15) is 11.4 Å². The van der Waals surface area contributed by atoms with Crippen molar-refractivity contribution in [2.45, 2.75) is 26.4 Å². The van der Waals surface area contributed by atoms with Crippen LogP contribution in [-0.2, 0) is 4.74 Å². The van der Waals surface area contributed by atoms with Crippen LogP contribution < -0.4 is 4.74 Å². The Kier molecular flexibility index (Phi) is 5.95. The number of rotatable bonds is 2. The number of piperazine rings is 1. The minimum absolute atomic E-state index is 0.0768. The molecule has 132 valence electrons.